The lowest BCUT2D eigenvalue weighted by molar-refractivity contribution is -0.118. The Morgan fingerprint density at radius 2 is 1.90 bits per heavy atom. The molecule has 7 nitrogen and oxygen atoms in total. The van der Waals surface area contributed by atoms with Crippen LogP contribution in [0.15, 0.2) is 47.5 Å². The zero-order chi connectivity index (χ0) is 20.8. The van der Waals surface area contributed by atoms with E-state index >= 15 is 0 Å². The maximum Gasteiger partial charge on any atom is 0.262 e. The number of aromatic amines is 1. The third-order valence-electron chi connectivity index (χ3n) is 4.31. The van der Waals surface area contributed by atoms with Crippen molar-refractivity contribution in [2.24, 2.45) is 4.99 Å². The minimum Gasteiger partial charge on any atom is -0.493 e. The van der Waals surface area contributed by atoms with Gasteiger partial charge in [0.2, 0.25) is 0 Å². The summed E-state index contributed by atoms with van der Waals surface area (Å²) in [7, 11) is 1.56. The van der Waals surface area contributed by atoms with Crippen LogP contribution >= 0.6 is 0 Å². The Kier molecular flexibility index (Phi) is 6.29. The zero-order valence-corrected chi connectivity index (χ0v) is 16.9. The van der Waals surface area contributed by atoms with Crippen molar-refractivity contribution in [2.75, 3.05) is 19.0 Å². The number of H-pyrrole nitrogens is 1. The molecule has 3 aromatic rings. The Labute approximate surface area is 169 Å². The number of hydrogen-bond donors (Lipinski definition) is 2. The van der Waals surface area contributed by atoms with Crippen molar-refractivity contribution in [1.29, 1.82) is 0 Å². The first kappa shape index (κ1) is 20.1. The standard InChI is InChI=1S/C22H24N4O3/c1-14-5-8-18(9-6-14)24-21(27)13-29-19-10-7-17(11-20(19)28-4)12-23-22-15(2)25-26-16(22)3/h5-12H,13H2,1-4H3,(H,24,27)(H,25,26). The summed E-state index contributed by atoms with van der Waals surface area (Å²) in [5.74, 6) is 0.768. The summed E-state index contributed by atoms with van der Waals surface area (Å²) in [5.41, 5.74) is 5.27. The van der Waals surface area contributed by atoms with Crippen LogP contribution in [0.3, 0.4) is 0 Å². The Morgan fingerprint density at radius 1 is 1.14 bits per heavy atom. The van der Waals surface area contributed by atoms with Gasteiger partial charge >= 0.3 is 0 Å². The molecular weight excluding hydrogens is 368 g/mol. The van der Waals surface area contributed by atoms with Gasteiger partial charge in [0, 0.05) is 11.9 Å². The summed E-state index contributed by atoms with van der Waals surface area (Å²) < 4.78 is 11.0. The number of aryl methyl sites for hydroxylation is 3. The van der Waals surface area contributed by atoms with E-state index < -0.39 is 0 Å². The maximum atomic E-state index is 12.1. The number of aliphatic imine (C=N–C) groups is 1. The number of carbonyl (C=O) groups is 1. The molecule has 0 atom stereocenters. The smallest absolute Gasteiger partial charge is 0.262 e. The number of nitrogens with zero attached hydrogens (tertiary/aromatic N) is 2. The summed E-state index contributed by atoms with van der Waals surface area (Å²) in [6.07, 6.45) is 1.74. The third kappa shape index (κ3) is 5.22. The molecule has 0 saturated heterocycles. The van der Waals surface area contributed by atoms with Gasteiger partial charge in [-0.2, -0.15) is 5.10 Å². The van der Waals surface area contributed by atoms with Gasteiger partial charge in [0.15, 0.2) is 18.1 Å². The van der Waals surface area contributed by atoms with Gasteiger partial charge in [-0.05, 0) is 56.7 Å². The first-order valence-corrected chi connectivity index (χ1v) is 9.19. The van der Waals surface area contributed by atoms with Crippen molar-refractivity contribution in [2.45, 2.75) is 20.8 Å². The van der Waals surface area contributed by atoms with Crippen molar-refractivity contribution in [3.8, 4) is 11.5 Å². The van der Waals surface area contributed by atoms with Gasteiger partial charge in [0.1, 0.15) is 5.69 Å². The average Bonchev–Trinajstić information content (AvgIpc) is 3.04. The van der Waals surface area contributed by atoms with Crippen LogP contribution < -0.4 is 14.8 Å². The second kappa shape index (κ2) is 9.05. The van der Waals surface area contributed by atoms with E-state index in [0.717, 1.165) is 33.9 Å². The van der Waals surface area contributed by atoms with Crippen LogP contribution in [-0.2, 0) is 4.79 Å². The summed E-state index contributed by atoms with van der Waals surface area (Å²) in [4.78, 5) is 16.6. The fourth-order valence-corrected chi connectivity index (χ4v) is 2.74. The van der Waals surface area contributed by atoms with Crippen molar-refractivity contribution < 1.29 is 14.3 Å². The highest BCUT2D eigenvalue weighted by atomic mass is 16.5. The fraction of sp³-hybridized carbons (Fsp3) is 0.227. The number of hydrogen-bond acceptors (Lipinski definition) is 5. The van der Waals surface area contributed by atoms with E-state index in [9.17, 15) is 4.79 Å². The van der Waals surface area contributed by atoms with Crippen LogP contribution in [0.1, 0.15) is 22.5 Å². The molecule has 29 heavy (non-hydrogen) atoms. The predicted octanol–water partition coefficient (Wildman–Crippen LogP) is 4.11. The lowest BCUT2D eigenvalue weighted by atomic mass is 10.2. The van der Waals surface area contributed by atoms with E-state index in [-0.39, 0.29) is 12.5 Å². The molecule has 0 radical (unpaired) electrons. The van der Waals surface area contributed by atoms with Gasteiger partial charge in [0.25, 0.3) is 5.91 Å². The van der Waals surface area contributed by atoms with E-state index in [1.165, 1.54) is 0 Å². The number of aromatic nitrogens is 2. The normalized spacial score (nSPS) is 10.9. The van der Waals surface area contributed by atoms with Crippen LogP contribution in [0.5, 0.6) is 11.5 Å². The molecule has 0 spiro atoms. The Balaban J connectivity index is 1.64. The molecule has 0 aliphatic carbocycles. The van der Waals surface area contributed by atoms with Crippen LogP contribution in [0.2, 0.25) is 0 Å². The van der Waals surface area contributed by atoms with Gasteiger partial charge in [0.05, 0.1) is 18.5 Å². The monoisotopic (exact) mass is 392 g/mol. The quantitative estimate of drug-likeness (QED) is 0.592. The van der Waals surface area contributed by atoms with Crippen LogP contribution in [0.25, 0.3) is 0 Å². The minimum atomic E-state index is -0.243. The van der Waals surface area contributed by atoms with E-state index in [1.54, 1.807) is 19.4 Å². The number of amides is 1. The first-order chi connectivity index (χ1) is 14.0. The van der Waals surface area contributed by atoms with Gasteiger partial charge in [-0.3, -0.25) is 14.9 Å². The molecule has 0 fully saturated rings. The number of nitrogens with one attached hydrogen (secondary N) is 2. The molecule has 0 aliphatic rings. The molecule has 3 rings (SSSR count). The van der Waals surface area contributed by atoms with Gasteiger partial charge in [-0.25, -0.2) is 0 Å². The topological polar surface area (TPSA) is 88.6 Å². The molecule has 1 aromatic heterocycles. The van der Waals surface area contributed by atoms with Gasteiger partial charge < -0.3 is 14.8 Å². The summed E-state index contributed by atoms with van der Waals surface area (Å²) in [6, 6.07) is 13.0. The summed E-state index contributed by atoms with van der Waals surface area (Å²) in [6.45, 7) is 5.69. The zero-order valence-electron chi connectivity index (χ0n) is 16.9. The van der Waals surface area contributed by atoms with E-state index in [1.807, 2.05) is 57.2 Å². The highest BCUT2D eigenvalue weighted by molar-refractivity contribution is 5.92. The predicted molar refractivity (Wildman–Crippen MR) is 114 cm³/mol. The molecule has 0 unspecified atom stereocenters. The van der Waals surface area contributed by atoms with Crippen molar-refractivity contribution >= 4 is 23.5 Å². The molecular formula is C22H24N4O3. The van der Waals surface area contributed by atoms with E-state index in [4.69, 9.17) is 9.47 Å². The van der Waals surface area contributed by atoms with E-state index in [2.05, 4.69) is 20.5 Å². The molecule has 1 heterocycles. The molecule has 0 saturated carbocycles. The molecule has 150 valence electrons. The molecule has 0 aliphatic heterocycles. The SMILES string of the molecule is COc1cc(C=Nc2c(C)n[nH]c2C)ccc1OCC(=O)Nc1ccc(C)cc1. The number of anilines is 1. The molecule has 2 N–H and O–H groups in total. The molecule has 1 amide bonds. The van der Waals surface area contributed by atoms with Gasteiger partial charge in [-0.1, -0.05) is 17.7 Å². The van der Waals surface area contributed by atoms with Crippen LogP contribution in [-0.4, -0.2) is 36.0 Å². The van der Waals surface area contributed by atoms with Crippen molar-refractivity contribution in [3.63, 3.8) is 0 Å². The lowest BCUT2D eigenvalue weighted by Crippen LogP contribution is -2.20. The number of carbonyl (C=O) groups excluding carboxylic acids is 1. The highest BCUT2D eigenvalue weighted by Crippen LogP contribution is 2.28. The lowest BCUT2D eigenvalue weighted by Gasteiger charge is -2.11. The summed E-state index contributed by atoms with van der Waals surface area (Å²) in [5, 5.41) is 9.84. The molecule has 2 aromatic carbocycles. The van der Waals surface area contributed by atoms with Crippen LogP contribution in [0.4, 0.5) is 11.4 Å². The minimum absolute atomic E-state index is 0.120. The Bertz CT molecular complexity index is 1000. The Hall–Kier alpha value is -3.61. The van der Waals surface area contributed by atoms with Gasteiger partial charge in [-0.15, -0.1) is 0 Å². The second-order valence-electron chi connectivity index (χ2n) is 6.65. The molecule has 7 heteroatoms. The third-order valence-corrected chi connectivity index (χ3v) is 4.31. The number of ether oxygens (including phenoxy) is 2. The number of benzene rings is 2. The number of rotatable bonds is 7. The largest absolute Gasteiger partial charge is 0.493 e. The molecule has 0 bridgehead atoms. The second-order valence-corrected chi connectivity index (χ2v) is 6.65. The Morgan fingerprint density at radius 3 is 2.55 bits per heavy atom. The number of methoxy groups -OCH3 is 1. The van der Waals surface area contributed by atoms with Crippen LogP contribution in [0, 0.1) is 20.8 Å². The first-order valence-electron chi connectivity index (χ1n) is 9.19. The highest BCUT2D eigenvalue weighted by Gasteiger charge is 2.09. The average molecular weight is 392 g/mol. The maximum absolute atomic E-state index is 12.1. The fourth-order valence-electron chi connectivity index (χ4n) is 2.74. The van der Waals surface area contributed by atoms with Crippen molar-refractivity contribution in [3.05, 3.63) is 65.0 Å². The summed E-state index contributed by atoms with van der Waals surface area (Å²) >= 11 is 0. The van der Waals surface area contributed by atoms with E-state index in [0.29, 0.717) is 11.5 Å². The van der Waals surface area contributed by atoms with Crippen molar-refractivity contribution in [1.82, 2.24) is 10.2 Å².